The fourth-order valence-electron chi connectivity index (χ4n) is 2.36. The summed E-state index contributed by atoms with van der Waals surface area (Å²) < 4.78 is 5.45. The van der Waals surface area contributed by atoms with Crippen LogP contribution in [0.1, 0.15) is 29.3 Å². The monoisotopic (exact) mass is 417 g/mol. The molecule has 0 atom stereocenters. The van der Waals surface area contributed by atoms with Gasteiger partial charge in [0.05, 0.1) is 0 Å². The number of carbonyl (C=O) groups is 3. The molecule has 0 saturated carbocycles. The van der Waals surface area contributed by atoms with E-state index >= 15 is 0 Å². The third-order valence-electron chi connectivity index (χ3n) is 3.98. The zero-order valence-corrected chi connectivity index (χ0v) is 17.1. The molecule has 0 saturated heterocycles. The lowest BCUT2D eigenvalue weighted by Gasteiger charge is -2.10. The molecule has 2 aromatic rings. The largest absolute Gasteiger partial charge is 0.484 e. The van der Waals surface area contributed by atoms with Gasteiger partial charge in [0, 0.05) is 35.8 Å². The third kappa shape index (κ3) is 7.46. The topological polar surface area (TPSA) is 96.5 Å². The van der Waals surface area contributed by atoms with E-state index in [2.05, 4.69) is 16.0 Å². The van der Waals surface area contributed by atoms with Gasteiger partial charge in [-0.25, -0.2) is 0 Å². The molecule has 8 heteroatoms. The molecule has 0 aliphatic heterocycles. The Morgan fingerprint density at radius 1 is 0.966 bits per heavy atom. The first-order valence-corrected chi connectivity index (χ1v) is 9.60. The number of anilines is 1. The summed E-state index contributed by atoms with van der Waals surface area (Å²) >= 11 is 5.96. The van der Waals surface area contributed by atoms with E-state index in [0.29, 0.717) is 41.5 Å². The zero-order chi connectivity index (χ0) is 21.2. The van der Waals surface area contributed by atoms with Gasteiger partial charge in [-0.1, -0.05) is 18.5 Å². The van der Waals surface area contributed by atoms with Crippen molar-refractivity contribution in [3.05, 3.63) is 58.6 Å². The van der Waals surface area contributed by atoms with Gasteiger partial charge >= 0.3 is 0 Å². The second-order valence-electron chi connectivity index (χ2n) is 6.28. The Bertz CT molecular complexity index is 869. The van der Waals surface area contributed by atoms with Gasteiger partial charge < -0.3 is 20.7 Å². The summed E-state index contributed by atoms with van der Waals surface area (Å²) in [5.41, 5.74) is 1.88. The molecule has 29 heavy (non-hydrogen) atoms. The second kappa shape index (κ2) is 11.1. The maximum absolute atomic E-state index is 12.1. The van der Waals surface area contributed by atoms with Crippen LogP contribution in [0.5, 0.6) is 5.75 Å². The number of amides is 3. The van der Waals surface area contributed by atoms with Gasteiger partial charge in [-0.2, -0.15) is 0 Å². The SMILES string of the molecule is CCC(=O)NCCNC(=O)c1ccc(NC(=O)COc2ccc(Cl)c(C)c2)cc1. The Hall–Kier alpha value is -3.06. The van der Waals surface area contributed by atoms with E-state index in [4.69, 9.17) is 16.3 Å². The fraction of sp³-hybridized carbons (Fsp3) is 0.286. The highest BCUT2D eigenvalue weighted by atomic mass is 35.5. The van der Waals surface area contributed by atoms with E-state index in [1.807, 2.05) is 6.92 Å². The number of hydrogen-bond acceptors (Lipinski definition) is 4. The Balaban J connectivity index is 1.77. The molecule has 0 fully saturated rings. The minimum absolute atomic E-state index is 0.0606. The van der Waals surface area contributed by atoms with Crippen LogP contribution in [0.25, 0.3) is 0 Å². The summed E-state index contributed by atoms with van der Waals surface area (Å²) in [6.07, 6.45) is 0.408. The standard InChI is InChI=1S/C21H24ClN3O4/c1-3-19(26)23-10-11-24-21(28)15-4-6-16(7-5-15)25-20(27)13-29-17-8-9-18(22)14(2)12-17/h4-9,12H,3,10-11,13H2,1-2H3,(H,23,26)(H,24,28)(H,25,27). The maximum Gasteiger partial charge on any atom is 0.262 e. The summed E-state index contributed by atoms with van der Waals surface area (Å²) in [4.78, 5) is 35.2. The van der Waals surface area contributed by atoms with Gasteiger partial charge in [0.15, 0.2) is 6.61 Å². The molecule has 0 aliphatic carbocycles. The molecule has 0 radical (unpaired) electrons. The first-order chi connectivity index (χ1) is 13.9. The van der Waals surface area contributed by atoms with Gasteiger partial charge in [-0.15, -0.1) is 0 Å². The molecule has 0 aromatic heterocycles. The van der Waals surface area contributed by atoms with Gasteiger partial charge in [0.2, 0.25) is 5.91 Å². The lowest BCUT2D eigenvalue weighted by atomic mass is 10.2. The number of rotatable bonds is 9. The van der Waals surface area contributed by atoms with Gasteiger partial charge in [0.1, 0.15) is 5.75 Å². The molecule has 3 amide bonds. The summed E-state index contributed by atoms with van der Waals surface area (Å²) in [5, 5.41) is 8.74. The van der Waals surface area contributed by atoms with E-state index in [9.17, 15) is 14.4 Å². The number of nitrogens with one attached hydrogen (secondary N) is 3. The third-order valence-corrected chi connectivity index (χ3v) is 4.41. The molecule has 0 unspecified atom stereocenters. The highest BCUT2D eigenvalue weighted by Gasteiger charge is 2.08. The van der Waals surface area contributed by atoms with Crippen molar-refractivity contribution in [3.8, 4) is 5.75 Å². The molecule has 0 spiro atoms. The number of carbonyl (C=O) groups excluding carboxylic acids is 3. The molecule has 154 valence electrons. The normalized spacial score (nSPS) is 10.2. The zero-order valence-electron chi connectivity index (χ0n) is 16.4. The Kier molecular flexibility index (Phi) is 8.48. The van der Waals surface area contributed by atoms with Gasteiger partial charge in [-0.3, -0.25) is 14.4 Å². The van der Waals surface area contributed by atoms with E-state index < -0.39 is 0 Å². The second-order valence-corrected chi connectivity index (χ2v) is 6.69. The quantitative estimate of drug-likeness (QED) is 0.546. The first-order valence-electron chi connectivity index (χ1n) is 9.22. The molecule has 0 heterocycles. The smallest absolute Gasteiger partial charge is 0.262 e. The first kappa shape index (κ1) is 22.2. The van der Waals surface area contributed by atoms with Crippen LogP contribution in [0, 0.1) is 6.92 Å². The van der Waals surface area contributed by atoms with E-state index in [1.54, 1.807) is 49.4 Å². The van der Waals surface area contributed by atoms with Crippen molar-refractivity contribution in [2.24, 2.45) is 0 Å². The van der Waals surface area contributed by atoms with Crippen LogP contribution < -0.4 is 20.7 Å². The molecule has 2 rings (SSSR count). The van der Waals surface area contributed by atoms with Crippen molar-refractivity contribution in [1.29, 1.82) is 0 Å². The van der Waals surface area contributed by atoms with E-state index in [0.717, 1.165) is 5.56 Å². The van der Waals surface area contributed by atoms with Crippen LogP contribution in [0.15, 0.2) is 42.5 Å². The van der Waals surface area contributed by atoms with Crippen LogP contribution in [-0.2, 0) is 9.59 Å². The number of halogens is 1. The van der Waals surface area contributed by atoms with E-state index in [-0.39, 0.29) is 24.3 Å². The number of hydrogen-bond donors (Lipinski definition) is 3. The van der Waals surface area contributed by atoms with Crippen LogP contribution in [0.2, 0.25) is 5.02 Å². The Morgan fingerprint density at radius 3 is 2.31 bits per heavy atom. The van der Waals surface area contributed by atoms with Crippen molar-refractivity contribution in [1.82, 2.24) is 10.6 Å². The predicted molar refractivity (Wildman–Crippen MR) is 112 cm³/mol. The molecule has 0 bridgehead atoms. The number of aryl methyl sites for hydroxylation is 1. The molecular weight excluding hydrogens is 394 g/mol. The van der Waals surface area contributed by atoms with Crippen molar-refractivity contribution >= 4 is 35.0 Å². The summed E-state index contributed by atoms with van der Waals surface area (Å²) in [6, 6.07) is 11.7. The Labute approximate surface area is 174 Å². The maximum atomic E-state index is 12.1. The molecule has 7 nitrogen and oxygen atoms in total. The van der Waals surface area contributed by atoms with Crippen LogP contribution in [0.4, 0.5) is 5.69 Å². The lowest BCUT2D eigenvalue weighted by molar-refractivity contribution is -0.120. The lowest BCUT2D eigenvalue weighted by Crippen LogP contribution is -2.34. The Morgan fingerprint density at radius 2 is 1.66 bits per heavy atom. The van der Waals surface area contributed by atoms with Crippen molar-refractivity contribution < 1.29 is 19.1 Å². The molecule has 0 aliphatic rings. The number of benzene rings is 2. The van der Waals surface area contributed by atoms with E-state index in [1.165, 1.54) is 0 Å². The summed E-state index contributed by atoms with van der Waals surface area (Å²) in [5.74, 6) is -0.0738. The molecule has 2 aromatic carbocycles. The minimum Gasteiger partial charge on any atom is -0.484 e. The molecular formula is C21H24ClN3O4. The highest BCUT2D eigenvalue weighted by molar-refractivity contribution is 6.31. The number of ether oxygens (including phenoxy) is 1. The average Bonchev–Trinajstić information content (AvgIpc) is 2.72. The molecule has 3 N–H and O–H groups in total. The predicted octanol–water partition coefficient (Wildman–Crippen LogP) is 2.92. The van der Waals surface area contributed by atoms with Crippen molar-refractivity contribution in [2.45, 2.75) is 20.3 Å². The average molecular weight is 418 g/mol. The van der Waals surface area contributed by atoms with Crippen LogP contribution >= 0.6 is 11.6 Å². The van der Waals surface area contributed by atoms with Crippen LogP contribution in [-0.4, -0.2) is 37.4 Å². The van der Waals surface area contributed by atoms with Gasteiger partial charge in [0.25, 0.3) is 11.8 Å². The van der Waals surface area contributed by atoms with Gasteiger partial charge in [-0.05, 0) is 55.0 Å². The van der Waals surface area contributed by atoms with Crippen LogP contribution in [0.3, 0.4) is 0 Å². The minimum atomic E-state index is -0.318. The fourth-order valence-corrected chi connectivity index (χ4v) is 2.48. The summed E-state index contributed by atoms with van der Waals surface area (Å²) in [6.45, 7) is 4.18. The van der Waals surface area contributed by atoms with Crippen molar-refractivity contribution in [3.63, 3.8) is 0 Å². The summed E-state index contributed by atoms with van der Waals surface area (Å²) in [7, 11) is 0. The van der Waals surface area contributed by atoms with Crippen molar-refractivity contribution in [2.75, 3.05) is 25.0 Å². The highest BCUT2D eigenvalue weighted by Crippen LogP contribution is 2.21.